The Bertz CT molecular complexity index is 506. The van der Waals surface area contributed by atoms with E-state index in [4.69, 9.17) is 5.73 Å². The summed E-state index contributed by atoms with van der Waals surface area (Å²) in [5.74, 6) is 0.565. The fourth-order valence-electron chi connectivity index (χ4n) is 1.96. The lowest BCUT2D eigenvalue weighted by molar-refractivity contribution is 0.598. The smallest absolute Gasteiger partial charge is 0.128 e. The topological polar surface area (TPSA) is 68.8 Å². The number of nitrogens with two attached hydrogens (primary N) is 1. The molecule has 5 nitrogen and oxygen atoms in total. The summed E-state index contributed by atoms with van der Waals surface area (Å²) in [7, 11) is 1.91. The van der Waals surface area contributed by atoms with E-state index >= 15 is 0 Å². The lowest BCUT2D eigenvalue weighted by Crippen LogP contribution is -2.24. The van der Waals surface area contributed by atoms with Gasteiger partial charge >= 0.3 is 0 Å². The standard InChI is InChI=1S/C13H19N5/c1-3-6-15-12(10-8-17-18(2)9-10)11-5-4-7-16-13(11)14/h4-5,7-9,12,15H,3,6H2,1-2H3,(H2,14,16). The first-order valence-electron chi connectivity index (χ1n) is 6.14. The summed E-state index contributed by atoms with van der Waals surface area (Å²) in [5, 5.41) is 7.70. The van der Waals surface area contributed by atoms with E-state index in [1.165, 1.54) is 0 Å². The molecule has 0 spiro atoms. The zero-order valence-electron chi connectivity index (χ0n) is 10.8. The molecule has 0 fully saturated rings. The van der Waals surface area contributed by atoms with Crippen LogP contribution in [0.25, 0.3) is 0 Å². The van der Waals surface area contributed by atoms with Crippen LogP contribution in [0.1, 0.15) is 30.5 Å². The Labute approximate surface area is 107 Å². The van der Waals surface area contributed by atoms with E-state index in [1.807, 2.05) is 31.6 Å². The van der Waals surface area contributed by atoms with Crippen LogP contribution in [0.4, 0.5) is 5.82 Å². The first-order chi connectivity index (χ1) is 8.72. The largest absolute Gasteiger partial charge is 0.383 e. The summed E-state index contributed by atoms with van der Waals surface area (Å²) < 4.78 is 1.79. The Morgan fingerprint density at radius 2 is 2.33 bits per heavy atom. The van der Waals surface area contributed by atoms with Crippen LogP contribution in [0.2, 0.25) is 0 Å². The number of nitrogen functional groups attached to an aromatic ring is 1. The molecule has 2 aromatic rings. The van der Waals surface area contributed by atoms with E-state index in [1.54, 1.807) is 10.9 Å². The number of anilines is 1. The molecule has 0 aliphatic heterocycles. The maximum Gasteiger partial charge on any atom is 0.128 e. The summed E-state index contributed by atoms with van der Waals surface area (Å²) in [6.45, 7) is 3.06. The van der Waals surface area contributed by atoms with Crippen molar-refractivity contribution in [3.8, 4) is 0 Å². The molecule has 18 heavy (non-hydrogen) atoms. The van der Waals surface area contributed by atoms with Crippen molar-refractivity contribution in [2.75, 3.05) is 12.3 Å². The van der Waals surface area contributed by atoms with Crippen molar-refractivity contribution < 1.29 is 0 Å². The van der Waals surface area contributed by atoms with Gasteiger partial charge in [0.15, 0.2) is 0 Å². The average Bonchev–Trinajstić information content (AvgIpc) is 2.78. The van der Waals surface area contributed by atoms with Gasteiger partial charge in [-0.25, -0.2) is 4.98 Å². The Morgan fingerprint density at radius 3 is 2.94 bits per heavy atom. The third kappa shape index (κ3) is 2.68. The van der Waals surface area contributed by atoms with Crippen LogP contribution in [0.15, 0.2) is 30.7 Å². The number of nitrogens with zero attached hydrogens (tertiary/aromatic N) is 3. The molecule has 5 heteroatoms. The number of rotatable bonds is 5. The Hall–Kier alpha value is -1.88. The molecular weight excluding hydrogens is 226 g/mol. The quantitative estimate of drug-likeness (QED) is 0.837. The van der Waals surface area contributed by atoms with Gasteiger partial charge in [0.1, 0.15) is 5.82 Å². The highest BCUT2D eigenvalue weighted by Gasteiger charge is 2.17. The molecule has 1 unspecified atom stereocenters. The van der Waals surface area contributed by atoms with Gasteiger partial charge in [-0.05, 0) is 19.0 Å². The molecule has 2 heterocycles. The van der Waals surface area contributed by atoms with Crippen LogP contribution >= 0.6 is 0 Å². The summed E-state index contributed by atoms with van der Waals surface area (Å²) in [4.78, 5) is 4.15. The van der Waals surface area contributed by atoms with E-state index in [0.29, 0.717) is 5.82 Å². The minimum Gasteiger partial charge on any atom is -0.383 e. The van der Waals surface area contributed by atoms with Crippen molar-refractivity contribution >= 4 is 5.82 Å². The maximum atomic E-state index is 5.96. The Kier molecular flexibility index (Phi) is 3.94. The SMILES string of the molecule is CCCNC(c1cnn(C)c1)c1cccnc1N. The third-order valence-corrected chi connectivity index (χ3v) is 2.84. The number of hydrogen-bond donors (Lipinski definition) is 2. The predicted octanol–water partition coefficient (Wildman–Crippen LogP) is 1.49. The molecule has 0 radical (unpaired) electrons. The molecule has 1 atom stereocenters. The van der Waals surface area contributed by atoms with Crippen molar-refractivity contribution in [1.82, 2.24) is 20.1 Å². The minimum atomic E-state index is 0.0485. The summed E-state index contributed by atoms with van der Waals surface area (Å²) >= 11 is 0. The zero-order chi connectivity index (χ0) is 13.0. The van der Waals surface area contributed by atoms with Gasteiger partial charge in [0.25, 0.3) is 0 Å². The molecule has 0 aliphatic rings. The molecule has 0 saturated carbocycles. The zero-order valence-corrected chi connectivity index (χ0v) is 10.8. The lowest BCUT2D eigenvalue weighted by Gasteiger charge is -2.18. The highest BCUT2D eigenvalue weighted by Crippen LogP contribution is 2.24. The summed E-state index contributed by atoms with van der Waals surface area (Å²) in [6.07, 6.45) is 6.63. The summed E-state index contributed by atoms with van der Waals surface area (Å²) in [5.41, 5.74) is 8.06. The predicted molar refractivity (Wildman–Crippen MR) is 72.0 cm³/mol. The number of hydrogen-bond acceptors (Lipinski definition) is 4. The van der Waals surface area contributed by atoms with Gasteiger partial charge in [-0.15, -0.1) is 0 Å². The fourth-order valence-corrected chi connectivity index (χ4v) is 1.96. The maximum absolute atomic E-state index is 5.96. The van der Waals surface area contributed by atoms with Gasteiger partial charge in [-0.1, -0.05) is 13.0 Å². The molecule has 0 saturated heterocycles. The first kappa shape index (κ1) is 12.6. The van der Waals surface area contributed by atoms with Gasteiger partial charge in [0, 0.05) is 30.6 Å². The number of nitrogens with one attached hydrogen (secondary N) is 1. The number of aryl methyl sites for hydroxylation is 1. The van der Waals surface area contributed by atoms with Crippen LogP contribution in [0, 0.1) is 0 Å². The summed E-state index contributed by atoms with van der Waals surface area (Å²) in [6, 6.07) is 3.96. The van der Waals surface area contributed by atoms with Gasteiger partial charge in [-0.2, -0.15) is 5.10 Å². The van der Waals surface area contributed by atoms with Crippen molar-refractivity contribution in [3.63, 3.8) is 0 Å². The van der Waals surface area contributed by atoms with E-state index < -0.39 is 0 Å². The second kappa shape index (κ2) is 5.64. The Morgan fingerprint density at radius 1 is 1.50 bits per heavy atom. The number of aromatic nitrogens is 3. The van der Waals surface area contributed by atoms with E-state index in [2.05, 4.69) is 22.3 Å². The highest BCUT2D eigenvalue weighted by atomic mass is 15.2. The van der Waals surface area contributed by atoms with Gasteiger partial charge in [-0.3, -0.25) is 4.68 Å². The molecule has 0 amide bonds. The third-order valence-electron chi connectivity index (χ3n) is 2.84. The number of pyridine rings is 1. The molecule has 0 aromatic carbocycles. The Balaban J connectivity index is 2.33. The second-order valence-electron chi connectivity index (χ2n) is 4.31. The minimum absolute atomic E-state index is 0.0485. The molecule has 0 bridgehead atoms. The van der Waals surface area contributed by atoms with Crippen LogP contribution < -0.4 is 11.1 Å². The second-order valence-corrected chi connectivity index (χ2v) is 4.31. The van der Waals surface area contributed by atoms with Gasteiger partial charge in [0.2, 0.25) is 0 Å². The van der Waals surface area contributed by atoms with Crippen molar-refractivity contribution in [1.29, 1.82) is 0 Å². The van der Waals surface area contributed by atoms with E-state index in [0.717, 1.165) is 24.1 Å². The fraction of sp³-hybridized carbons (Fsp3) is 0.385. The van der Waals surface area contributed by atoms with Crippen LogP contribution in [0.3, 0.4) is 0 Å². The van der Waals surface area contributed by atoms with Crippen molar-refractivity contribution in [2.45, 2.75) is 19.4 Å². The van der Waals surface area contributed by atoms with Gasteiger partial charge in [0.05, 0.1) is 12.2 Å². The molecule has 96 valence electrons. The van der Waals surface area contributed by atoms with Crippen molar-refractivity contribution in [2.24, 2.45) is 7.05 Å². The highest BCUT2D eigenvalue weighted by molar-refractivity contribution is 5.44. The molecule has 2 aromatic heterocycles. The van der Waals surface area contributed by atoms with Crippen LogP contribution in [-0.4, -0.2) is 21.3 Å². The van der Waals surface area contributed by atoms with Crippen LogP contribution in [-0.2, 0) is 7.05 Å². The normalized spacial score (nSPS) is 12.6. The molecular formula is C13H19N5. The molecule has 2 rings (SSSR count). The lowest BCUT2D eigenvalue weighted by atomic mass is 10.0. The average molecular weight is 245 g/mol. The monoisotopic (exact) mass is 245 g/mol. The molecule has 0 aliphatic carbocycles. The van der Waals surface area contributed by atoms with E-state index in [-0.39, 0.29) is 6.04 Å². The van der Waals surface area contributed by atoms with Crippen molar-refractivity contribution in [3.05, 3.63) is 41.9 Å². The first-order valence-corrected chi connectivity index (χ1v) is 6.14. The molecule has 3 N–H and O–H groups in total. The van der Waals surface area contributed by atoms with Crippen LogP contribution in [0.5, 0.6) is 0 Å². The van der Waals surface area contributed by atoms with E-state index in [9.17, 15) is 0 Å². The van der Waals surface area contributed by atoms with Gasteiger partial charge < -0.3 is 11.1 Å².